The third-order valence-electron chi connectivity index (χ3n) is 4.86. The molecule has 3 rings (SSSR count). The molecule has 1 fully saturated rings. The van der Waals surface area contributed by atoms with E-state index in [4.69, 9.17) is 4.74 Å². The van der Waals surface area contributed by atoms with E-state index < -0.39 is 0 Å². The molecular formula is C20H31IN4O2. The van der Waals surface area contributed by atoms with Crippen molar-refractivity contribution in [1.29, 1.82) is 0 Å². The zero-order chi connectivity index (χ0) is 18.6. The lowest BCUT2D eigenvalue weighted by Crippen LogP contribution is -2.45. The first-order valence-electron chi connectivity index (χ1n) is 9.59. The number of nitrogens with one attached hydrogen (secondary N) is 2. The van der Waals surface area contributed by atoms with Crippen molar-refractivity contribution in [2.24, 2.45) is 4.99 Å². The smallest absolute Gasteiger partial charge is 0.244 e. The van der Waals surface area contributed by atoms with Gasteiger partial charge >= 0.3 is 0 Å². The molecule has 0 spiro atoms. The zero-order valence-electron chi connectivity index (χ0n) is 16.5. The summed E-state index contributed by atoms with van der Waals surface area (Å²) in [5.74, 6) is 1.69. The van der Waals surface area contributed by atoms with Crippen molar-refractivity contribution in [1.82, 2.24) is 15.5 Å². The second-order valence-electron chi connectivity index (χ2n) is 7.58. The number of aliphatic imine (C=N–C) groups is 1. The van der Waals surface area contributed by atoms with Crippen molar-refractivity contribution in [2.45, 2.75) is 51.7 Å². The first-order valence-corrected chi connectivity index (χ1v) is 9.59. The molecular weight excluding hydrogens is 455 g/mol. The Morgan fingerprint density at radius 3 is 2.70 bits per heavy atom. The van der Waals surface area contributed by atoms with E-state index >= 15 is 0 Å². The van der Waals surface area contributed by atoms with Crippen LogP contribution in [0.15, 0.2) is 29.3 Å². The van der Waals surface area contributed by atoms with Crippen molar-refractivity contribution < 1.29 is 9.53 Å². The van der Waals surface area contributed by atoms with E-state index in [1.54, 1.807) is 0 Å². The molecule has 27 heavy (non-hydrogen) atoms. The van der Waals surface area contributed by atoms with E-state index in [9.17, 15) is 4.79 Å². The van der Waals surface area contributed by atoms with Crippen LogP contribution in [0, 0.1) is 0 Å². The maximum absolute atomic E-state index is 12.3. The van der Waals surface area contributed by atoms with Gasteiger partial charge in [0.1, 0.15) is 17.9 Å². The van der Waals surface area contributed by atoms with Crippen LogP contribution in [0.2, 0.25) is 0 Å². The summed E-state index contributed by atoms with van der Waals surface area (Å²) in [4.78, 5) is 18.7. The van der Waals surface area contributed by atoms with E-state index in [1.165, 1.54) is 0 Å². The molecule has 2 aliphatic rings. The molecule has 1 aromatic carbocycles. The minimum Gasteiger partial charge on any atom is -0.487 e. The van der Waals surface area contributed by atoms with Gasteiger partial charge in [0.05, 0.1) is 6.04 Å². The highest BCUT2D eigenvalue weighted by molar-refractivity contribution is 14.0. The number of hydrogen-bond donors (Lipinski definition) is 2. The lowest BCUT2D eigenvalue weighted by Gasteiger charge is -2.38. The van der Waals surface area contributed by atoms with Crippen LogP contribution in [0.3, 0.4) is 0 Å². The summed E-state index contributed by atoms with van der Waals surface area (Å²) in [6.45, 7) is 8.87. The molecule has 1 amide bonds. The predicted octanol–water partition coefficient (Wildman–Crippen LogP) is 3.08. The number of ether oxygens (including phenoxy) is 1. The van der Waals surface area contributed by atoms with Gasteiger partial charge in [-0.25, -0.2) is 4.99 Å². The third-order valence-corrected chi connectivity index (χ3v) is 4.86. The van der Waals surface area contributed by atoms with E-state index in [-0.39, 0.29) is 48.1 Å². The highest BCUT2D eigenvalue weighted by atomic mass is 127. The first kappa shape index (κ1) is 21.8. The molecule has 2 N–H and O–H groups in total. The Kier molecular flexibility index (Phi) is 7.76. The van der Waals surface area contributed by atoms with Gasteiger partial charge in [-0.2, -0.15) is 0 Å². The molecule has 2 heterocycles. The van der Waals surface area contributed by atoms with Crippen molar-refractivity contribution in [3.05, 3.63) is 29.8 Å². The molecule has 150 valence electrons. The van der Waals surface area contributed by atoms with Gasteiger partial charge in [-0.05, 0) is 39.7 Å². The summed E-state index contributed by atoms with van der Waals surface area (Å²) in [5.41, 5.74) is 0.873. The number of guanidine groups is 1. The number of benzene rings is 1. The fourth-order valence-electron chi connectivity index (χ4n) is 3.63. The number of carbonyl (C=O) groups excluding carboxylic acids is 1. The summed E-state index contributed by atoms with van der Waals surface area (Å²) in [7, 11) is 0. The molecule has 2 aliphatic heterocycles. The third kappa shape index (κ3) is 5.73. The van der Waals surface area contributed by atoms with E-state index in [1.807, 2.05) is 30.0 Å². The van der Waals surface area contributed by atoms with E-state index in [0.29, 0.717) is 5.96 Å². The van der Waals surface area contributed by atoms with Crippen molar-refractivity contribution >= 4 is 35.8 Å². The molecule has 0 bridgehead atoms. The van der Waals surface area contributed by atoms with Crippen molar-refractivity contribution in [3.8, 4) is 5.75 Å². The van der Waals surface area contributed by atoms with Gasteiger partial charge in [0.2, 0.25) is 5.91 Å². The number of nitrogens with zero attached hydrogens (tertiary/aromatic N) is 2. The number of carbonyl (C=O) groups is 1. The minimum absolute atomic E-state index is 0. The molecule has 1 aromatic rings. The largest absolute Gasteiger partial charge is 0.487 e. The van der Waals surface area contributed by atoms with Gasteiger partial charge in [-0.15, -0.1) is 24.0 Å². The highest BCUT2D eigenvalue weighted by Gasteiger charge is 2.34. The highest BCUT2D eigenvalue weighted by Crippen LogP contribution is 2.39. The molecule has 1 atom stereocenters. The summed E-state index contributed by atoms with van der Waals surface area (Å²) < 4.78 is 6.10. The second kappa shape index (κ2) is 9.61. The summed E-state index contributed by atoms with van der Waals surface area (Å²) in [6, 6.07) is 8.20. The van der Waals surface area contributed by atoms with Crippen molar-refractivity contribution in [3.63, 3.8) is 0 Å². The number of halogens is 1. The maximum atomic E-state index is 12.3. The molecule has 1 saturated heterocycles. The normalized spacial score (nSPS) is 20.9. The zero-order valence-corrected chi connectivity index (χ0v) is 18.8. The van der Waals surface area contributed by atoms with Crippen LogP contribution >= 0.6 is 24.0 Å². The number of fused-ring (bicyclic) bond motifs is 1. The average molecular weight is 486 g/mol. The van der Waals surface area contributed by atoms with Gasteiger partial charge in [-0.3, -0.25) is 4.79 Å². The SMILES string of the molecule is CCNC(=NCC(=O)N1CCCC1)NC1CC(C)(C)Oc2ccccc21.I. The van der Waals surface area contributed by atoms with Crippen molar-refractivity contribution in [2.75, 3.05) is 26.2 Å². The number of para-hydroxylation sites is 1. The van der Waals surface area contributed by atoms with Crippen LogP contribution in [0.5, 0.6) is 5.75 Å². The fourth-order valence-corrected chi connectivity index (χ4v) is 3.63. The maximum Gasteiger partial charge on any atom is 0.244 e. The Labute approximate surface area is 179 Å². The first-order chi connectivity index (χ1) is 12.5. The van der Waals surface area contributed by atoms with Gasteiger partial charge in [0.25, 0.3) is 0 Å². The lowest BCUT2D eigenvalue weighted by atomic mass is 9.90. The monoisotopic (exact) mass is 486 g/mol. The fraction of sp³-hybridized carbons (Fsp3) is 0.600. The summed E-state index contributed by atoms with van der Waals surface area (Å²) >= 11 is 0. The standard InChI is InChI=1S/C20H30N4O2.HI/c1-4-21-19(22-14-18(25)24-11-7-8-12-24)23-16-13-20(2,3)26-17-10-6-5-9-15(16)17;/h5-6,9-10,16H,4,7-8,11-14H2,1-3H3,(H2,21,22,23);1H. The van der Waals surface area contributed by atoms with Crippen LogP contribution in [-0.4, -0.2) is 48.5 Å². The van der Waals surface area contributed by atoms with Gasteiger partial charge < -0.3 is 20.3 Å². The molecule has 6 nitrogen and oxygen atoms in total. The molecule has 7 heteroatoms. The molecule has 0 radical (unpaired) electrons. The number of hydrogen-bond acceptors (Lipinski definition) is 3. The molecule has 1 unspecified atom stereocenters. The molecule has 0 aliphatic carbocycles. The Morgan fingerprint density at radius 1 is 1.30 bits per heavy atom. The van der Waals surface area contributed by atoms with Crippen LogP contribution < -0.4 is 15.4 Å². The van der Waals surface area contributed by atoms with Gasteiger partial charge in [-0.1, -0.05) is 18.2 Å². The van der Waals surface area contributed by atoms with Crippen LogP contribution in [-0.2, 0) is 4.79 Å². The van der Waals surface area contributed by atoms with Gasteiger partial charge in [0, 0.05) is 31.6 Å². The van der Waals surface area contributed by atoms with Crippen LogP contribution in [0.1, 0.15) is 51.6 Å². The van der Waals surface area contributed by atoms with E-state index in [0.717, 1.165) is 50.2 Å². The molecule has 0 saturated carbocycles. The summed E-state index contributed by atoms with van der Waals surface area (Å²) in [5, 5.41) is 6.76. The van der Waals surface area contributed by atoms with Crippen LogP contribution in [0.25, 0.3) is 0 Å². The number of amides is 1. The Bertz CT molecular complexity index is 672. The Hall–Kier alpha value is -1.51. The summed E-state index contributed by atoms with van der Waals surface area (Å²) in [6.07, 6.45) is 3.03. The Balaban J connectivity index is 0.00000261. The quantitative estimate of drug-likeness (QED) is 0.390. The topological polar surface area (TPSA) is 66.0 Å². The number of likely N-dealkylation sites (tertiary alicyclic amines) is 1. The van der Waals surface area contributed by atoms with E-state index in [2.05, 4.69) is 35.5 Å². The Morgan fingerprint density at radius 2 is 2.00 bits per heavy atom. The van der Waals surface area contributed by atoms with Crippen LogP contribution in [0.4, 0.5) is 0 Å². The average Bonchev–Trinajstić information content (AvgIpc) is 3.13. The minimum atomic E-state index is -0.255. The van der Waals surface area contributed by atoms with Gasteiger partial charge in [0.15, 0.2) is 5.96 Å². The lowest BCUT2D eigenvalue weighted by molar-refractivity contribution is -0.128. The molecule has 0 aromatic heterocycles. The number of rotatable bonds is 4. The second-order valence-corrected chi connectivity index (χ2v) is 7.58. The predicted molar refractivity (Wildman–Crippen MR) is 119 cm³/mol.